The fourth-order valence-corrected chi connectivity index (χ4v) is 4.41. The third-order valence-corrected chi connectivity index (χ3v) is 6.57. The highest BCUT2D eigenvalue weighted by Crippen LogP contribution is 2.29. The number of hydrogen-bond donors (Lipinski definition) is 2. The Labute approximate surface area is 166 Å². The van der Waals surface area contributed by atoms with Gasteiger partial charge in [-0.25, -0.2) is 27.7 Å². The van der Waals surface area contributed by atoms with E-state index >= 15 is 0 Å². The summed E-state index contributed by atoms with van der Waals surface area (Å²) in [7, 11) is -1.19. The summed E-state index contributed by atoms with van der Waals surface area (Å²) in [4.78, 5) is 4.39. The Morgan fingerprint density at radius 3 is 2.67 bits per heavy atom. The van der Waals surface area contributed by atoms with Crippen LogP contribution < -0.4 is 10.5 Å². The molecule has 8 nitrogen and oxygen atoms in total. The molecule has 3 rings (SSSR count). The molecule has 0 amide bonds. The molecule has 27 heavy (non-hydrogen) atoms. The fraction of sp³-hybridized carbons (Fsp3) is 0.647. The van der Waals surface area contributed by atoms with Crippen LogP contribution in [-0.2, 0) is 16.6 Å². The van der Waals surface area contributed by atoms with Crippen molar-refractivity contribution in [2.24, 2.45) is 15.4 Å². The Kier molecular flexibility index (Phi) is 7.84. The van der Waals surface area contributed by atoms with Gasteiger partial charge in [-0.05, 0) is 31.7 Å². The maximum Gasteiger partial charge on any atom is 0.172 e. The van der Waals surface area contributed by atoms with E-state index in [1.807, 2.05) is 26.8 Å². The molecule has 1 aliphatic rings. The minimum Gasteiger partial charge on any atom is -0.384 e. The van der Waals surface area contributed by atoms with Crippen molar-refractivity contribution in [2.45, 2.75) is 40.2 Å². The van der Waals surface area contributed by atoms with Crippen molar-refractivity contribution in [3.63, 3.8) is 0 Å². The third-order valence-electron chi connectivity index (χ3n) is 4.68. The molecule has 0 saturated carbocycles. The minimum absolute atomic E-state index is 0.467. The number of fused-ring (bicyclic) bond motifs is 1. The lowest BCUT2D eigenvalue weighted by atomic mass is 9.98. The highest BCUT2D eigenvalue weighted by molar-refractivity contribution is 7.89. The van der Waals surface area contributed by atoms with Crippen molar-refractivity contribution in [3.8, 4) is 0 Å². The first-order chi connectivity index (χ1) is 13.0. The zero-order chi connectivity index (χ0) is 20.0. The van der Waals surface area contributed by atoms with Crippen LogP contribution in [0.4, 0.5) is 5.69 Å². The number of nitrogens with one attached hydrogen (secondary N) is 1. The van der Waals surface area contributed by atoms with Crippen molar-refractivity contribution < 1.29 is 4.21 Å². The highest BCUT2D eigenvalue weighted by atomic mass is 35.5. The average molecular weight is 416 g/mol. The summed E-state index contributed by atoms with van der Waals surface area (Å²) in [5.41, 5.74) is 1.74. The first-order valence-electron chi connectivity index (χ1n) is 9.39. The zero-order valence-electron chi connectivity index (χ0n) is 16.5. The number of nitrogens with two attached hydrogens (primary N) is 1. The number of anilines is 1. The summed E-state index contributed by atoms with van der Waals surface area (Å²) >= 11 is 6.29. The Balaban J connectivity index is 0.00000126. The second-order valence-corrected chi connectivity index (χ2v) is 8.45. The molecular weight excluding hydrogens is 386 g/mol. The van der Waals surface area contributed by atoms with Gasteiger partial charge in [-0.1, -0.05) is 25.4 Å². The van der Waals surface area contributed by atoms with Gasteiger partial charge in [-0.3, -0.25) is 0 Å². The van der Waals surface area contributed by atoms with Gasteiger partial charge in [0, 0.05) is 45.1 Å². The van der Waals surface area contributed by atoms with Crippen LogP contribution in [0.2, 0.25) is 5.15 Å². The Morgan fingerprint density at radius 1 is 1.41 bits per heavy atom. The molecule has 0 bridgehead atoms. The van der Waals surface area contributed by atoms with Crippen molar-refractivity contribution in [2.75, 3.05) is 32.0 Å². The third kappa shape index (κ3) is 4.90. The average Bonchev–Trinajstić information content (AvgIpc) is 3.05. The summed E-state index contributed by atoms with van der Waals surface area (Å²) in [6.45, 7) is 8.93. The molecule has 10 heteroatoms. The van der Waals surface area contributed by atoms with Crippen LogP contribution in [0.3, 0.4) is 0 Å². The molecule has 0 spiro atoms. The van der Waals surface area contributed by atoms with Crippen LogP contribution in [0.5, 0.6) is 0 Å². The van der Waals surface area contributed by atoms with E-state index in [-0.39, 0.29) is 0 Å². The molecule has 1 aliphatic heterocycles. The molecule has 2 aromatic heterocycles. The van der Waals surface area contributed by atoms with Gasteiger partial charge in [0.15, 0.2) is 20.9 Å². The first-order valence-corrected chi connectivity index (χ1v) is 11.3. The molecule has 0 radical (unpaired) electrons. The lowest BCUT2D eigenvalue weighted by Gasteiger charge is -2.31. The van der Waals surface area contributed by atoms with E-state index in [9.17, 15) is 4.21 Å². The maximum atomic E-state index is 12.1. The molecule has 152 valence electrons. The number of nitrogens with zero attached hydrogens (tertiary/aromatic N) is 5. The molecule has 1 atom stereocenters. The number of aryl methyl sites for hydroxylation is 1. The van der Waals surface area contributed by atoms with Crippen LogP contribution in [0, 0.1) is 5.92 Å². The van der Waals surface area contributed by atoms with Gasteiger partial charge >= 0.3 is 0 Å². The second kappa shape index (κ2) is 9.68. The molecule has 2 aromatic rings. The van der Waals surface area contributed by atoms with E-state index in [1.54, 1.807) is 15.2 Å². The smallest absolute Gasteiger partial charge is 0.172 e. The number of rotatable bonds is 5. The van der Waals surface area contributed by atoms with Crippen LogP contribution in [-0.4, -0.2) is 50.0 Å². The van der Waals surface area contributed by atoms with Crippen LogP contribution in [0.1, 0.15) is 33.6 Å². The predicted octanol–water partition coefficient (Wildman–Crippen LogP) is 3.14. The van der Waals surface area contributed by atoms with Gasteiger partial charge in [0.1, 0.15) is 0 Å². The summed E-state index contributed by atoms with van der Waals surface area (Å²) in [5, 5.41) is 14.9. The Hall–Kier alpha value is -1.42. The molecule has 0 aliphatic carbocycles. The molecule has 1 unspecified atom stereocenters. The predicted molar refractivity (Wildman–Crippen MR) is 113 cm³/mol. The van der Waals surface area contributed by atoms with Crippen molar-refractivity contribution in [1.29, 1.82) is 0 Å². The van der Waals surface area contributed by atoms with E-state index in [4.69, 9.17) is 16.7 Å². The minimum atomic E-state index is -2.70. The number of aromatic nitrogens is 3. The van der Waals surface area contributed by atoms with Crippen molar-refractivity contribution in [1.82, 2.24) is 19.1 Å². The first kappa shape index (κ1) is 21.9. The summed E-state index contributed by atoms with van der Waals surface area (Å²) in [6.07, 6.45) is 3.61. The van der Waals surface area contributed by atoms with E-state index in [0.717, 1.165) is 42.7 Å². The topological polar surface area (TPSA) is 101 Å². The second-order valence-electron chi connectivity index (χ2n) is 6.14. The normalized spacial score (nSPS) is 17.9. The van der Waals surface area contributed by atoms with Gasteiger partial charge < -0.3 is 5.32 Å². The van der Waals surface area contributed by atoms with Gasteiger partial charge in [-0.15, -0.1) is 0 Å². The standard InChI is InChI=1S/C15H24ClN7OS.C2H6/c1-3-23-15-13(14(16)21-23)12(4-7-19-15)20-10-11-5-8-22(9-6-11)25(17,24)18-2;1-2/h4,7,11H,3,5-6,8-10H2,1-2H3,(H,19,20)(H2,17,18,24);1-2H3. The Bertz CT molecular complexity index is 868. The van der Waals surface area contributed by atoms with Crippen LogP contribution in [0.15, 0.2) is 16.6 Å². The van der Waals surface area contributed by atoms with Crippen molar-refractivity contribution >= 4 is 38.4 Å². The van der Waals surface area contributed by atoms with E-state index in [1.165, 1.54) is 7.05 Å². The quantitative estimate of drug-likeness (QED) is 0.782. The van der Waals surface area contributed by atoms with Gasteiger partial charge in [0.05, 0.1) is 5.39 Å². The number of piperidine rings is 1. The molecule has 0 aromatic carbocycles. The lowest BCUT2D eigenvalue weighted by molar-refractivity contribution is 0.290. The fourth-order valence-electron chi connectivity index (χ4n) is 3.17. The maximum absolute atomic E-state index is 12.1. The monoisotopic (exact) mass is 415 g/mol. The lowest BCUT2D eigenvalue weighted by Crippen LogP contribution is -2.43. The van der Waals surface area contributed by atoms with Crippen LogP contribution in [0.25, 0.3) is 11.0 Å². The van der Waals surface area contributed by atoms with Crippen molar-refractivity contribution in [3.05, 3.63) is 17.4 Å². The summed E-state index contributed by atoms with van der Waals surface area (Å²) < 4.78 is 19.5. The molecule has 3 N–H and O–H groups in total. The zero-order valence-corrected chi connectivity index (χ0v) is 18.1. The van der Waals surface area contributed by atoms with Gasteiger partial charge in [0.25, 0.3) is 0 Å². The van der Waals surface area contributed by atoms with Gasteiger partial charge in [0.2, 0.25) is 0 Å². The molecule has 3 heterocycles. The Morgan fingerprint density at radius 2 is 2.07 bits per heavy atom. The van der Waals surface area contributed by atoms with Gasteiger partial charge in [-0.2, -0.15) is 5.10 Å². The molecule has 1 saturated heterocycles. The molecular formula is C17H30ClN7OS. The number of pyridine rings is 1. The SMILES string of the molecule is CC.CCn1nc(Cl)c2c(NCC3CCN(S(N)(=O)=NC)CC3)ccnc21. The van der Waals surface area contributed by atoms with E-state index < -0.39 is 10.1 Å². The summed E-state index contributed by atoms with van der Waals surface area (Å²) in [5.74, 6) is 0.478. The molecule has 1 fully saturated rings. The number of halogens is 1. The van der Waals surface area contributed by atoms with E-state index in [0.29, 0.717) is 24.2 Å². The highest BCUT2D eigenvalue weighted by Gasteiger charge is 2.24. The summed E-state index contributed by atoms with van der Waals surface area (Å²) in [6, 6.07) is 1.92. The van der Waals surface area contributed by atoms with E-state index in [2.05, 4.69) is 19.8 Å². The number of hydrogen-bond acceptors (Lipinski definition) is 5. The largest absolute Gasteiger partial charge is 0.384 e. The van der Waals surface area contributed by atoms with Crippen LogP contribution >= 0.6 is 11.6 Å².